The predicted molar refractivity (Wildman–Crippen MR) is 76.5 cm³/mol. The molecule has 0 saturated carbocycles. The van der Waals surface area contributed by atoms with Gasteiger partial charge in [-0.3, -0.25) is 0 Å². The van der Waals surface area contributed by atoms with E-state index in [-0.39, 0.29) is 0 Å². The zero-order chi connectivity index (χ0) is 12.5. The summed E-state index contributed by atoms with van der Waals surface area (Å²) in [6.07, 6.45) is 9.61. The molecule has 102 valence electrons. The molecule has 0 aromatic rings. The van der Waals surface area contributed by atoms with Gasteiger partial charge >= 0.3 is 0 Å². The quantitative estimate of drug-likeness (QED) is 0.699. The predicted octanol–water partition coefficient (Wildman–Crippen LogP) is 3.42. The monoisotopic (exact) mass is 240 g/mol. The molecule has 1 N–H and O–H groups in total. The summed E-state index contributed by atoms with van der Waals surface area (Å²) in [5.41, 5.74) is 0. The van der Waals surface area contributed by atoms with Gasteiger partial charge in [-0.1, -0.05) is 27.2 Å². The SMILES string of the molecule is CCNC(CC)CCCN1CCCCC1CC. The smallest absolute Gasteiger partial charge is 0.00926 e. The van der Waals surface area contributed by atoms with E-state index >= 15 is 0 Å². The second-order valence-corrected chi connectivity index (χ2v) is 5.40. The minimum Gasteiger partial charge on any atom is -0.314 e. The molecule has 2 atom stereocenters. The second-order valence-electron chi connectivity index (χ2n) is 5.40. The molecule has 0 spiro atoms. The molecule has 0 radical (unpaired) electrons. The molecular weight excluding hydrogens is 208 g/mol. The molecule has 0 bridgehead atoms. The number of hydrogen-bond donors (Lipinski definition) is 1. The molecule has 1 rings (SSSR count). The molecule has 2 unspecified atom stereocenters. The van der Waals surface area contributed by atoms with Crippen molar-refractivity contribution in [3.05, 3.63) is 0 Å². The van der Waals surface area contributed by atoms with Crippen LogP contribution < -0.4 is 5.32 Å². The maximum Gasteiger partial charge on any atom is 0.00926 e. The second kappa shape index (κ2) is 8.93. The van der Waals surface area contributed by atoms with Gasteiger partial charge in [0.2, 0.25) is 0 Å². The molecule has 0 aromatic heterocycles. The van der Waals surface area contributed by atoms with Crippen LogP contribution in [0.25, 0.3) is 0 Å². The Hall–Kier alpha value is -0.0800. The third-order valence-electron chi connectivity index (χ3n) is 4.20. The van der Waals surface area contributed by atoms with Crippen molar-refractivity contribution in [2.24, 2.45) is 0 Å². The molecule has 1 fully saturated rings. The normalized spacial score (nSPS) is 23.8. The average molecular weight is 240 g/mol. The van der Waals surface area contributed by atoms with Gasteiger partial charge in [0, 0.05) is 12.1 Å². The Morgan fingerprint density at radius 3 is 2.71 bits per heavy atom. The minimum atomic E-state index is 0.741. The maximum atomic E-state index is 3.58. The van der Waals surface area contributed by atoms with E-state index in [2.05, 4.69) is 31.0 Å². The number of rotatable bonds is 8. The summed E-state index contributed by atoms with van der Waals surface area (Å²) in [6.45, 7) is 10.6. The molecule has 1 aliphatic heterocycles. The van der Waals surface area contributed by atoms with Gasteiger partial charge in [-0.05, 0) is 58.2 Å². The van der Waals surface area contributed by atoms with Crippen molar-refractivity contribution in [1.82, 2.24) is 10.2 Å². The Labute approximate surface area is 108 Å². The lowest BCUT2D eigenvalue weighted by Gasteiger charge is -2.35. The van der Waals surface area contributed by atoms with Crippen LogP contribution in [0.5, 0.6) is 0 Å². The fraction of sp³-hybridized carbons (Fsp3) is 1.00. The minimum absolute atomic E-state index is 0.741. The Bertz CT molecular complexity index is 182. The highest BCUT2D eigenvalue weighted by atomic mass is 15.2. The van der Waals surface area contributed by atoms with E-state index in [0.29, 0.717) is 0 Å². The van der Waals surface area contributed by atoms with Crippen molar-refractivity contribution in [1.29, 1.82) is 0 Å². The standard InChI is InChI=1S/C15H32N2/c1-4-14(16-6-3)10-9-13-17-12-8-7-11-15(17)5-2/h14-16H,4-13H2,1-3H3. The maximum absolute atomic E-state index is 3.58. The molecule has 1 saturated heterocycles. The van der Waals surface area contributed by atoms with E-state index in [1.54, 1.807) is 0 Å². The lowest BCUT2D eigenvalue weighted by Crippen LogP contribution is -2.40. The van der Waals surface area contributed by atoms with Crippen LogP contribution in [-0.4, -0.2) is 36.6 Å². The van der Waals surface area contributed by atoms with Crippen LogP contribution in [0.4, 0.5) is 0 Å². The Kier molecular flexibility index (Phi) is 7.87. The summed E-state index contributed by atoms with van der Waals surface area (Å²) in [7, 11) is 0. The first-order valence-corrected chi connectivity index (χ1v) is 7.79. The van der Waals surface area contributed by atoms with E-state index in [0.717, 1.165) is 18.6 Å². The van der Waals surface area contributed by atoms with Crippen LogP contribution >= 0.6 is 0 Å². The van der Waals surface area contributed by atoms with Crippen LogP contribution in [0, 0.1) is 0 Å². The molecule has 1 heterocycles. The molecule has 2 heteroatoms. The van der Waals surface area contributed by atoms with Crippen molar-refractivity contribution < 1.29 is 0 Å². The average Bonchev–Trinajstić information content (AvgIpc) is 2.38. The molecule has 0 aliphatic carbocycles. The Morgan fingerprint density at radius 1 is 1.24 bits per heavy atom. The lowest BCUT2D eigenvalue weighted by atomic mass is 9.99. The van der Waals surface area contributed by atoms with Gasteiger partial charge in [0.1, 0.15) is 0 Å². The van der Waals surface area contributed by atoms with Crippen LogP contribution in [0.2, 0.25) is 0 Å². The summed E-state index contributed by atoms with van der Waals surface area (Å²) in [5, 5.41) is 3.58. The van der Waals surface area contributed by atoms with Gasteiger partial charge in [-0.15, -0.1) is 0 Å². The Balaban J connectivity index is 2.19. The fourth-order valence-electron chi connectivity index (χ4n) is 3.10. The molecule has 1 aliphatic rings. The summed E-state index contributed by atoms with van der Waals surface area (Å²) in [6, 6.07) is 1.62. The van der Waals surface area contributed by atoms with Gasteiger partial charge in [0.25, 0.3) is 0 Å². The summed E-state index contributed by atoms with van der Waals surface area (Å²) < 4.78 is 0. The number of hydrogen-bond acceptors (Lipinski definition) is 2. The van der Waals surface area contributed by atoms with Crippen LogP contribution in [0.15, 0.2) is 0 Å². The summed E-state index contributed by atoms with van der Waals surface area (Å²) >= 11 is 0. The fourth-order valence-corrected chi connectivity index (χ4v) is 3.10. The van der Waals surface area contributed by atoms with E-state index in [1.165, 1.54) is 58.0 Å². The molecule has 0 aromatic carbocycles. The topological polar surface area (TPSA) is 15.3 Å². The van der Waals surface area contributed by atoms with Crippen LogP contribution in [0.1, 0.15) is 65.7 Å². The number of piperidine rings is 1. The highest BCUT2D eigenvalue weighted by Gasteiger charge is 2.20. The first kappa shape index (κ1) is 15.0. The van der Waals surface area contributed by atoms with Gasteiger partial charge in [0.05, 0.1) is 0 Å². The zero-order valence-corrected chi connectivity index (χ0v) is 12.2. The number of likely N-dealkylation sites (tertiary alicyclic amines) is 1. The first-order chi connectivity index (χ1) is 8.31. The number of nitrogens with zero attached hydrogens (tertiary/aromatic N) is 1. The van der Waals surface area contributed by atoms with Gasteiger partial charge in [0.15, 0.2) is 0 Å². The highest BCUT2D eigenvalue weighted by molar-refractivity contribution is 4.76. The van der Waals surface area contributed by atoms with Crippen molar-refractivity contribution in [2.75, 3.05) is 19.6 Å². The van der Waals surface area contributed by atoms with Crippen molar-refractivity contribution in [3.8, 4) is 0 Å². The summed E-state index contributed by atoms with van der Waals surface area (Å²) in [5.74, 6) is 0. The third-order valence-corrected chi connectivity index (χ3v) is 4.20. The van der Waals surface area contributed by atoms with Crippen molar-refractivity contribution in [3.63, 3.8) is 0 Å². The Morgan fingerprint density at radius 2 is 2.06 bits per heavy atom. The van der Waals surface area contributed by atoms with Crippen LogP contribution in [-0.2, 0) is 0 Å². The van der Waals surface area contributed by atoms with Gasteiger partial charge in [-0.2, -0.15) is 0 Å². The van der Waals surface area contributed by atoms with Crippen molar-refractivity contribution in [2.45, 2.75) is 77.8 Å². The van der Waals surface area contributed by atoms with Gasteiger partial charge < -0.3 is 10.2 Å². The third kappa shape index (κ3) is 5.39. The van der Waals surface area contributed by atoms with Crippen molar-refractivity contribution >= 4 is 0 Å². The molecular formula is C15H32N2. The first-order valence-electron chi connectivity index (χ1n) is 7.79. The number of nitrogens with one attached hydrogen (secondary N) is 1. The van der Waals surface area contributed by atoms with E-state index in [4.69, 9.17) is 0 Å². The van der Waals surface area contributed by atoms with Crippen LogP contribution in [0.3, 0.4) is 0 Å². The molecule has 17 heavy (non-hydrogen) atoms. The largest absolute Gasteiger partial charge is 0.314 e. The zero-order valence-electron chi connectivity index (χ0n) is 12.2. The summed E-state index contributed by atoms with van der Waals surface area (Å²) in [4.78, 5) is 2.74. The van der Waals surface area contributed by atoms with E-state index in [9.17, 15) is 0 Å². The van der Waals surface area contributed by atoms with E-state index < -0.39 is 0 Å². The molecule has 0 amide bonds. The van der Waals surface area contributed by atoms with E-state index in [1.807, 2.05) is 0 Å². The molecule has 2 nitrogen and oxygen atoms in total. The highest BCUT2D eigenvalue weighted by Crippen LogP contribution is 2.20. The van der Waals surface area contributed by atoms with Gasteiger partial charge in [-0.25, -0.2) is 0 Å². The lowest BCUT2D eigenvalue weighted by molar-refractivity contribution is 0.140.